The van der Waals surface area contributed by atoms with E-state index in [1.54, 1.807) is 0 Å². The minimum absolute atomic E-state index is 0.372. The maximum Gasteiger partial charge on any atom is 0.494 e. The summed E-state index contributed by atoms with van der Waals surface area (Å²) in [6, 6.07) is 50.8. The van der Waals surface area contributed by atoms with Crippen LogP contribution >= 0.6 is 31.9 Å². The fourth-order valence-corrected chi connectivity index (χ4v) is 7.51. The van der Waals surface area contributed by atoms with Crippen molar-refractivity contribution in [3.63, 3.8) is 0 Å². The van der Waals surface area contributed by atoms with Gasteiger partial charge >= 0.3 is 14.2 Å². The Hall–Kier alpha value is -4.15. The second-order valence-electron chi connectivity index (χ2n) is 17.7. The third-order valence-electron chi connectivity index (χ3n) is 12.1. The summed E-state index contributed by atoms with van der Waals surface area (Å²) >= 11 is 7.00. The fraction of sp³-hybridized carbons (Fsp3) is 0.280. The molecule has 2 saturated heterocycles. The highest BCUT2D eigenvalue weighted by atomic mass is 79.9. The van der Waals surface area contributed by atoms with Crippen LogP contribution in [0.25, 0.3) is 0 Å². The second-order valence-corrected chi connectivity index (χ2v) is 19.5. The molecule has 0 aromatic heterocycles. The zero-order valence-electron chi connectivity index (χ0n) is 36.3. The van der Waals surface area contributed by atoms with Gasteiger partial charge in [-0.1, -0.05) is 91.5 Å². The van der Waals surface area contributed by atoms with E-state index in [9.17, 15) is 0 Å². The average Bonchev–Trinajstić information content (AvgIpc) is 3.58. The van der Waals surface area contributed by atoms with E-state index in [-0.39, 0.29) is 36.6 Å². The van der Waals surface area contributed by atoms with E-state index in [0.717, 1.165) is 54.0 Å². The molecule has 0 spiro atoms. The first kappa shape index (κ1) is 43.9. The molecule has 2 fully saturated rings. The van der Waals surface area contributed by atoms with E-state index in [0.29, 0.717) is 0 Å². The molecular formula is C50H54B2Br2N2O4. The third kappa shape index (κ3) is 9.50. The van der Waals surface area contributed by atoms with Gasteiger partial charge in [-0.3, -0.25) is 0 Å². The van der Waals surface area contributed by atoms with E-state index in [4.69, 9.17) is 18.6 Å². The molecule has 60 heavy (non-hydrogen) atoms. The lowest BCUT2D eigenvalue weighted by atomic mass is 9.79. The first-order valence-corrected chi connectivity index (χ1v) is 22.1. The zero-order valence-corrected chi connectivity index (χ0v) is 39.5. The van der Waals surface area contributed by atoms with Gasteiger partial charge in [0.1, 0.15) is 0 Å². The number of aryl methyl sites for hydroxylation is 2. The topological polar surface area (TPSA) is 43.4 Å². The molecule has 8 rings (SSSR count). The van der Waals surface area contributed by atoms with Crippen molar-refractivity contribution in [3.8, 4) is 0 Å². The van der Waals surface area contributed by atoms with Crippen molar-refractivity contribution in [3.05, 3.63) is 166 Å². The van der Waals surface area contributed by atoms with E-state index < -0.39 is 0 Å². The van der Waals surface area contributed by atoms with Gasteiger partial charge in [0.05, 0.1) is 22.4 Å². The van der Waals surface area contributed by atoms with Crippen molar-refractivity contribution >= 4 is 91.1 Å². The molecule has 308 valence electrons. The molecule has 2 heterocycles. The number of hydrogen-bond acceptors (Lipinski definition) is 6. The smallest absolute Gasteiger partial charge is 0.399 e. The molecule has 0 aliphatic carbocycles. The molecule has 2 aliphatic heterocycles. The summed E-state index contributed by atoms with van der Waals surface area (Å²) in [4.78, 5) is 4.50. The van der Waals surface area contributed by atoms with Gasteiger partial charge in [-0.15, -0.1) is 0 Å². The summed E-state index contributed by atoms with van der Waals surface area (Å²) in [5.74, 6) is 0. The Morgan fingerprint density at radius 1 is 0.333 bits per heavy atom. The Morgan fingerprint density at radius 3 is 0.767 bits per heavy atom. The van der Waals surface area contributed by atoms with Crippen molar-refractivity contribution in [1.29, 1.82) is 0 Å². The lowest BCUT2D eigenvalue weighted by Crippen LogP contribution is -2.41. The Balaban J connectivity index is 0.000000210. The van der Waals surface area contributed by atoms with Gasteiger partial charge in [-0.05, 0) is 177 Å². The molecular weight excluding hydrogens is 874 g/mol. The van der Waals surface area contributed by atoms with Crippen molar-refractivity contribution in [1.82, 2.24) is 0 Å². The van der Waals surface area contributed by atoms with E-state index >= 15 is 0 Å². The van der Waals surface area contributed by atoms with Crippen LogP contribution in [0.4, 0.5) is 34.1 Å². The number of benzene rings is 6. The first-order chi connectivity index (χ1) is 28.3. The molecule has 0 amide bonds. The molecule has 6 aromatic rings. The summed E-state index contributed by atoms with van der Waals surface area (Å²) in [7, 11) is -0.776. The number of rotatable bonds is 8. The minimum atomic E-state index is -0.388. The fourth-order valence-electron chi connectivity index (χ4n) is 6.98. The SMILES string of the molecule is Cc1ccc(N(c2ccc(B3OC(C)(C)C(C)(C)O3)cc2)c2ccc(B3OC(C)(C)C(C)(C)O3)cc2)cc1.Cc1ccc(N(c2ccc(Br)cc2)c2ccc(Br)cc2)cc1. The Bertz CT molecular complexity index is 2150. The predicted octanol–water partition coefficient (Wildman–Crippen LogP) is 13.1. The lowest BCUT2D eigenvalue weighted by molar-refractivity contribution is 0.00578. The van der Waals surface area contributed by atoms with Gasteiger partial charge in [-0.2, -0.15) is 0 Å². The highest BCUT2D eigenvalue weighted by molar-refractivity contribution is 9.10. The molecule has 0 bridgehead atoms. The molecule has 0 N–H and O–H groups in total. The molecule has 0 saturated carbocycles. The van der Waals surface area contributed by atoms with Crippen LogP contribution in [0.15, 0.2) is 155 Å². The van der Waals surface area contributed by atoms with Crippen LogP contribution in [-0.2, 0) is 18.6 Å². The molecule has 0 atom stereocenters. The van der Waals surface area contributed by atoms with Gasteiger partial charge in [0.2, 0.25) is 0 Å². The van der Waals surface area contributed by atoms with Crippen LogP contribution in [-0.4, -0.2) is 36.6 Å². The van der Waals surface area contributed by atoms with E-state index in [2.05, 4.69) is 256 Å². The number of hydrogen-bond donors (Lipinski definition) is 0. The van der Waals surface area contributed by atoms with Gasteiger partial charge in [0, 0.05) is 43.1 Å². The minimum Gasteiger partial charge on any atom is -0.399 e. The zero-order chi connectivity index (χ0) is 43.0. The quantitative estimate of drug-likeness (QED) is 0.142. The van der Waals surface area contributed by atoms with Gasteiger partial charge in [0.15, 0.2) is 0 Å². The molecule has 6 nitrogen and oxygen atoms in total. The highest BCUT2D eigenvalue weighted by Gasteiger charge is 2.52. The summed E-state index contributed by atoms with van der Waals surface area (Å²) < 4.78 is 27.2. The first-order valence-electron chi connectivity index (χ1n) is 20.5. The Labute approximate surface area is 374 Å². The second kappa shape index (κ2) is 17.3. The Kier molecular flexibility index (Phi) is 12.7. The molecule has 6 aromatic carbocycles. The van der Waals surface area contributed by atoms with E-state index in [1.165, 1.54) is 11.1 Å². The summed E-state index contributed by atoms with van der Waals surface area (Å²) in [6.07, 6.45) is 0. The molecule has 0 radical (unpaired) electrons. The monoisotopic (exact) mass is 926 g/mol. The predicted molar refractivity (Wildman–Crippen MR) is 259 cm³/mol. The van der Waals surface area contributed by atoms with Crippen LogP contribution in [0, 0.1) is 13.8 Å². The lowest BCUT2D eigenvalue weighted by Gasteiger charge is -2.32. The number of anilines is 6. The van der Waals surface area contributed by atoms with Gasteiger partial charge in [0.25, 0.3) is 0 Å². The van der Waals surface area contributed by atoms with Gasteiger partial charge < -0.3 is 28.4 Å². The maximum atomic E-state index is 6.26. The van der Waals surface area contributed by atoms with Crippen molar-refractivity contribution in [2.45, 2.75) is 91.6 Å². The number of halogens is 2. The standard InChI is InChI=1S/C31H39B2NO4.C19H15Br2N/c1-22-10-16-25(17-11-22)34(26-18-12-23(13-19-26)32-35-28(2,3)29(4,5)36-32)27-20-14-24(15-21-27)33-37-30(6,7)31(8,9)38-33;1-14-2-8-17(9-3-14)22(18-10-4-15(20)5-11-18)19-12-6-16(21)7-13-19/h10-21H,1-9H3;2-13H,1H3. The van der Waals surface area contributed by atoms with Crippen molar-refractivity contribution < 1.29 is 18.6 Å². The third-order valence-corrected chi connectivity index (χ3v) is 13.2. The van der Waals surface area contributed by atoms with E-state index in [1.807, 2.05) is 0 Å². The summed E-state index contributed by atoms with van der Waals surface area (Å²) in [5.41, 5.74) is 9.62. The molecule has 2 aliphatic rings. The summed E-state index contributed by atoms with van der Waals surface area (Å²) in [5, 5.41) is 0. The Morgan fingerprint density at radius 2 is 0.533 bits per heavy atom. The van der Waals surface area contributed by atoms with Crippen LogP contribution in [0.3, 0.4) is 0 Å². The van der Waals surface area contributed by atoms with Crippen molar-refractivity contribution in [2.75, 3.05) is 9.80 Å². The highest BCUT2D eigenvalue weighted by Crippen LogP contribution is 2.40. The number of nitrogens with zero attached hydrogens (tertiary/aromatic N) is 2. The van der Waals surface area contributed by atoms with Gasteiger partial charge in [-0.25, -0.2) is 0 Å². The van der Waals surface area contributed by atoms with Crippen LogP contribution in [0.1, 0.15) is 66.5 Å². The largest absolute Gasteiger partial charge is 0.494 e. The van der Waals surface area contributed by atoms with Crippen LogP contribution < -0.4 is 20.7 Å². The average molecular weight is 928 g/mol. The molecule has 10 heteroatoms. The maximum absolute atomic E-state index is 6.26. The van der Waals surface area contributed by atoms with Crippen LogP contribution in [0.2, 0.25) is 0 Å². The van der Waals surface area contributed by atoms with Crippen molar-refractivity contribution in [2.24, 2.45) is 0 Å². The normalized spacial score (nSPS) is 17.2. The summed E-state index contributed by atoms with van der Waals surface area (Å²) in [6.45, 7) is 20.8. The van der Waals surface area contributed by atoms with Crippen LogP contribution in [0.5, 0.6) is 0 Å². The molecule has 0 unspecified atom stereocenters.